The molecule has 0 aliphatic carbocycles. The summed E-state index contributed by atoms with van der Waals surface area (Å²) in [6, 6.07) is 5.77. The van der Waals surface area contributed by atoms with Gasteiger partial charge in [-0.2, -0.15) is 0 Å². The summed E-state index contributed by atoms with van der Waals surface area (Å²) >= 11 is 12.0. The molecule has 1 aliphatic heterocycles. The molecule has 2 rings (SSSR count). The van der Waals surface area contributed by atoms with Crippen molar-refractivity contribution in [1.82, 2.24) is 5.32 Å². The maximum Gasteiger partial charge on any atom is 0.0877 e. The number of nitrogens with one attached hydrogen (secondary N) is 1. The van der Waals surface area contributed by atoms with Crippen LogP contribution in [-0.4, -0.2) is 19.7 Å². The van der Waals surface area contributed by atoms with Crippen LogP contribution in [-0.2, 0) is 4.74 Å². The molecule has 5 heteroatoms. The lowest BCUT2D eigenvalue weighted by Crippen LogP contribution is -2.46. The van der Waals surface area contributed by atoms with Crippen LogP contribution in [0.5, 0.6) is 0 Å². The van der Waals surface area contributed by atoms with Crippen molar-refractivity contribution in [2.45, 2.75) is 19.4 Å². The predicted octanol–water partition coefficient (Wildman–Crippen LogP) is 4.10. The molecular weight excluding hydrogens is 293 g/mol. The Balaban J connectivity index is 0.00000162. The molecule has 2 nitrogen and oxygen atoms in total. The molecule has 102 valence electrons. The fraction of sp³-hybridized carbons (Fsp3) is 0.538. The van der Waals surface area contributed by atoms with Gasteiger partial charge in [0.05, 0.1) is 16.1 Å². The molecule has 1 atom stereocenters. The van der Waals surface area contributed by atoms with Gasteiger partial charge >= 0.3 is 0 Å². The van der Waals surface area contributed by atoms with Crippen LogP contribution >= 0.6 is 35.6 Å². The maximum absolute atomic E-state index is 6.05. The van der Waals surface area contributed by atoms with Crippen molar-refractivity contribution >= 4 is 35.6 Å². The second-order valence-electron chi connectivity index (χ2n) is 4.38. The topological polar surface area (TPSA) is 21.3 Å². The monoisotopic (exact) mass is 309 g/mol. The second-order valence-corrected chi connectivity index (χ2v) is 5.20. The van der Waals surface area contributed by atoms with E-state index in [1.165, 1.54) is 0 Å². The Kier molecular flexibility index (Phi) is 6.75. The van der Waals surface area contributed by atoms with Crippen molar-refractivity contribution in [1.29, 1.82) is 0 Å². The lowest BCUT2D eigenvalue weighted by molar-refractivity contribution is -0.00610. The first-order valence-corrected chi connectivity index (χ1v) is 6.75. The molecule has 0 bridgehead atoms. The molecule has 18 heavy (non-hydrogen) atoms. The largest absolute Gasteiger partial charge is 0.373 e. The molecule has 0 amide bonds. The van der Waals surface area contributed by atoms with Crippen molar-refractivity contribution in [2.24, 2.45) is 5.92 Å². The lowest BCUT2D eigenvalue weighted by Gasteiger charge is -2.35. The Morgan fingerprint density at radius 3 is 2.56 bits per heavy atom. The minimum atomic E-state index is 0. The number of ether oxygens (including phenoxy) is 1. The first kappa shape index (κ1) is 16.1. The van der Waals surface area contributed by atoms with Crippen molar-refractivity contribution in [3.8, 4) is 0 Å². The molecule has 0 radical (unpaired) electrons. The van der Waals surface area contributed by atoms with Gasteiger partial charge in [0.1, 0.15) is 0 Å². The van der Waals surface area contributed by atoms with E-state index < -0.39 is 0 Å². The highest BCUT2D eigenvalue weighted by Crippen LogP contribution is 2.32. The standard InChI is InChI=1S/C13H17Cl2NO.ClH/c1-2-5-17-13(10-7-16-8-10)9-3-4-11(14)12(15)6-9;/h3-4,6,10,13,16H,2,5,7-8H2,1H3;1H. The Hall–Kier alpha value is 0.01000. The number of hydrogen-bond acceptors (Lipinski definition) is 2. The van der Waals surface area contributed by atoms with Crippen LogP contribution in [0.15, 0.2) is 18.2 Å². The molecule has 1 unspecified atom stereocenters. The van der Waals surface area contributed by atoms with Gasteiger partial charge in [0, 0.05) is 25.6 Å². The third kappa shape index (κ3) is 3.75. The summed E-state index contributed by atoms with van der Waals surface area (Å²) in [5.41, 5.74) is 1.12. The number of rotatable bonds is 5. The van der Waals surface area contributed by atoms with E-state index in [2.05, 4.69) is 12.2 Å². The molecule has 1 aromatic carbocycles. The van der Waals surface area contributed by atoms with Gasteiger partial charge < -0.3 is 10.1 Å². The van der Waals surface area contributed by atoms with Crippen LogP contribution in [0, 0.1) is 5.92 Å². The van der Waals surface area contributed by atoms with E-state index in [1.807, 2.05) is 18.2 Å². The third-order valence-corrected chi connectivity index (χ3v) is 3.75. The van der Waals surface area contributed by atoms with Crippen molar-refractivity contribution in [3.05, 3.63) is 33.8 Å². The van der Waals surface area contributed by atoms with E-state index in [1.54, 1.807) is 0 Å². The molecule has 0 spiro atoms. The first-order chi connectivity index (χ1) is 8.22. The summed E-state index contributed by atoms with van der Waals surface area (Å²) in [6.07, 6.45) is 1.16. The predicted molar refractivity (Wildman–Crippen MR) is 79.1 cm³/mol. The van der Waals surface area contributed by atoms with E-state index in [4.69, 9.17) is 27.9 Å². The second kappa shape index (κ2) is 7.56. The van der Waals surface area contributed by atoms with Crippen LogP contribution in [0.4, 0.5) is 0 Å². The van der Waals surface area contributed by atoms with E-state index in [0.29, 0.717) is 16.0 Å². The zero-order chi connectivity index (χ0) is 12.3. The van der Waals surface area contributed by atoms with Gasteiger partial charge in [-0.1, -0.05) is 36.2 Å². The summed E-state index contributed by atoms with van der Waals surface area (Å²) in [4.78, 5) is 0. The quantitative estimate of drug-likeness (QED) is 0.884. The summed E-state index contributed by atoms with van der Waals surface area (Å²) in [7, 11) is 0. The van der Waals surface area contributed by atoms with Gasteiger partial charge in [-0.05, 0) is 24.1 Å². The van der Waals surface area contributed by atoms with Crippen LogP contribution in [0.3, 0.4) is 0 Å². The average Bonchev–Trinajstić information content (AvgIpc) is 2.25. The molecule has 1 heterocycles. The Labute approximate surface area is 124 Å². The minimum absolute atomic E-state index is 0. The fourth-order valence-electron chi connectivity index (χ4n) is 1.96. The Morgan fingerprint density at radius 1 is 1.33 bits per heavy atom. The highest BCUT2D eigenvalue weighted by atomic mass is 35.5. The number of hydrogen-bond donors (Lipinski definition) is 1. The minimum Gasteiger partial charge on any atom is -0.373 e. The molecule has 1 fully saturated rings. The van der Waals surface area contributed by atoms with Crippen LogP contribution in [0.1, 0.15) is 25.0 Å². The average molecular weight is 311 g/mol. The summed E-state index contributed by atoms with van der Waals surface area (Å²) in [5.74, 6) is 0.541. The van der Waals surface area contributed by atoms with Crippen LogP contribution in [0.25, 0.3) is 0 Å². The highest BCUT2D eigenvalue weighted by molar-refractivity contribution is 6.42. The first-order valence-electron chi connectivity index (χ1n) is 5.99. The van der Waals surface area contributed by atoms with E-state index in [-0.39, 0.29) is 18.5 Å². The highest BCUT2D eigenvalue weighted by Gasteiger charge is 2.29. The molecule has 0 saturated carbocycles. The van der Waals surface area contributed by atoms with Gasteiger partial charge in [-0.25, -0.2) is 0 Å². The normalized spacial score (nSPS) is 16.8. The molecule has 1 saturated heterocycles. The molecule has 1 N–H and O–H groups in total. The Bertz CT molecular complexity index is 382. The third-order valence-electron chi connectivity index (χ3n) is 3.01. The smallest absolute Gasteiger partial charge is 0.0877 e. The Morgan fingerprint density at radius 2 is 2.06 bits per heavy atom. The van der Waals surface area contributed by atoms with E-state index in [9.17, 15) is 0 Å². The summed E-state index contributed by atoms with van der Waals surface area (Å²) in [5, 5.41) is 4.47. The van der Waals surface area contributed by atoms with Crippen LogP contribution < -0.4 is 5.32 Å². The molecule has 1 aliphatic rings. The summed E-state index contributed by atoms with van der Waals surface area (Å²) in [6.45, 7) is 4.91. The van der Waals surface area contributed by atoms with E-state index >= 15 is 0 Å². The summed E-state index contributed by atoms with van der Waals surface area (Å²) < 4.78 is 5.93. The molecule has 0 aromatic heterocycles. The van der Waals surface area contributed by atoms with Crippen molar-refractivity contribution in [3.63, 3.8) is 0 Å². The van der Waals surface area contributed by atoms with Crippen molar-refractivity contribution in [2.75, 3.05) is 19.7 Å². The number of halogens is 3. The zero-order valence-electron chi connectivity index (χ0n) is 10.3. The maximum atomic E-state index is 6.05. The van der Waals surface area contributed by atoms with E-state index in [0.717, 1.165) is 31.7 Å². The van der Waals surface area contributed by atoms with Gasteiger partial charge in [0.2, 0.25) is 0 Å². The van der Waals surface area contributed by atoms with Crippen molar-refractivity contribution < 1.29 is 4.74 Å². The number of benzene rings is 1. The fourth-order valence-corrected chi connectivity index (χ4v) is 2.27. The molecular formula is C13H18Cl3NO. The van der Waals surface area contributed by atoms with Gasteiger partial charge in [-0.3, -0.25) is 0 Å². The SMILES string of the molecule is CCCOC(c1ccc(Cl)c(Cl)c1)C1CNC1.Cl. The lowest BCUT2D eigenvalue weighted by atomic mass is 9.91. The van der Waals surface area contributed by atoms with Gasteiger partial charge in [-0.15, -0.1) is 12.4 Å². The molecule has 1 aromatic rings. The zero-order valence-corrected chi connectivity index (χ0v) is 12.6. The van der Waals surface area contributed by atoms with Gasteiger partial charge in [0.25, 0.3) is 0 Å². The van der Waals surface area contributed by atoms with Gasteiger partial charge in [0.15, 0.2) is 0 Å². The van der Waals surface area contributed by atoms with Crippen LogP contribution in [0.2, 0.25) is 10.0 Å².